The van der Waals surface area contributed by atoms with Gasteiger partial charge in [0, 0.05) is 45.0 Å². The first kappa shape index (κ1) is 17.2. The molecule has 1 aliphatic rings. The second-order valence-corrected chi connectivity index (χ2v) is 5.21. The molecule has 0 unspecified atom stereocenters. The van der Waals surface area contributed by atoms with Gasteiger partial charge < -0.3 is 15.1 Å². The van der Waals surface area contributed by atoms with E-state index in [1.54, 1.807) is 21.9 Å². The molecule has 6 nitrogen and oxygen atoms in total. The number of carbonyl (C=O) groups is 1. The first-order chi connectivity index (χ1) is 11.5. The zero-order chi connectivity index (χ0) is 17.7. The lowest BCUT2D eigenvalue weighted by molar-refractivity contribution is -0.129. The van der Waals surface area contributed by atoms with Crippen molar-refractivity contribution in [1.82, 2.24) is 4.90 Å². The molecule has 1 N–H and O–H groups in total. The maximum absolute atomic E-state index is 14.3. The number of anilines is 2. The number of nitrogens with one attached hydrogen (secondary N) is 1. The molecule has 1 aromatic rings. The summed E-state index contributed by atoms with van der Waals surface area (Å²) >= 11 is 0. The van der Waals surface area contributed by atoms with E-state index in [-0.39, 0.29) is 22.9 Å². The molecule has 0 spiro atoms. The standard InChI is InChI=1S/C16H15F2N5O/c1-11(24)22-2-4-23(5-3-22)16-14(17)6-13(7-15(16)18)21-10-12(8-19)9-20/h6-7,10,21H,2-5H2,1H3. The van der Waals surface area contributed by atoms with Gasteiger partial charge >= 0.3 is 0 Å². The summed E-state index contributed by atoms with van der Waals surface area (Å²) in [5.41, 5.74) is -0.257. The molecule has 0 aromatic heterocycles. The Morgan fingerprint density at radius 3 is 2.17 bits per heavy atom. The van der Waals surface area contributed by atoms with Gasteiger partial charge in [-0.25, -0.2) is 8.78 Å². The minimum absolute atomic E-state index is 0.0623. The largest absolute Gasteiger partial charge is 0.363 e. The van der Waals surface area contributed by atoms with Gasteiger partial charge in [-0.05, 0) is 12.1 Å². The SMILES string of the molecule is CC(=O)N1CCN(c2c(F)cc(NC=C(C#N)C#N)cc2F)CC1. The third-order valence-electron chi connectivity index (χ3n) is 3.68. The number of nitrogens with zero attached hydrogens (tertiary/aromatic N) is 4. The van der Waals surface area contributed by atoms with Crippen LogP contribution in [0.25, 0.3) is 0 Å². The fourth-order valence-electron chi connectivity index (χ4n) is 2.44. The quantitative estimate of drug-likeness (QED) is 0.856. The second kappa shape index (κ2) is 7.42. The highest BCUT2D eigenvalue weighted by Gasteiger charge is 2.23. The van der Waals surface area contributed by atoms with Crippen molar-refractivity contribution in [3.63, 3.8) is 0 Å². The van der Waals surface area contributed by atoms with Gasteiger partial charge in [0.15, 0.2) is 11.6 Å². The van der Waals surface area contributed by atoms with Gasteiger partial charge in [-0.15, -0.1) is 0 Å². The van der Waals surface area contributed by atoms with Gasteiger partial charge in [-0.3, -0.25) is 4.79 Å². The maximum atomic E-state index is 14.3. The molecule has 24 heavy (non-hydrogen) atoms. The molecule has 1 aliphatic heterocycles. The molecule has 2 rings (SSSR count). The Balaban J connectivity index is 2.17. The molecular weight excluding hydrogens is 316 g/mol. The summed E-state index contributed by atoms with van der Waals surface area (Å²) in [5.74, 6) is -1.57. The monoisotopic (exact) mass is 331 g/mol. The Hall–Kier alpha value is -3.13. The fourth-order valence-corrected chi connectivity index (χ4v) is 2.44. The summed E-state index contributed by atoms with van der Waals surface area (Å²) in [7, 11) is 0. The number of hydrogen-bond acceptors (Lipinski definition) is 5. The molecule has 0 aliphatic carbocycles. The van der Waals surface area contributed by atoms with Crippen molar-refractivity contribution in [3.8, 4) is 12.1 Å². The lowest BCUT2D eigenvalue weighted by atomic mass is 10.2. The van der Waals surface area contributed by atoms with Crippen LogP contribution in [0.2, 0.25) is 0 Å². The normalized spacial score (nSPS) is 13.7. The summed E-state index contributed by atoms with van der Waals surface area (Å²) in [6.07, 6.45) is 1.08. The Morgan fingerprint density at radius 2 is 1.71 bits per heavy atom. The van der Waals surface area contributed by atoms with Gasteiger partial charge in [0.25, 0.3) is 0 Å². The number of halogens is 2. The first-order valence-corrected chi connectivity index (χ1v) is 7.22. The van der Waals surface area contributed by atoms with Gasteiger partial charge in [-0.2, -0.15) is 10.5 Å². The number of benzene rings is 1. The molecule has 8 heteroatoms. The number of allylic oxidation sites excluding steroid dienone is 1. The number of carbonyl (C=O) groups excluding carboxylic acids is 1. The molecular formula is C16H15F2N5O. The van der Waals surface area contributed by atoms with Crippen LogP contribution in [0.4, 0.5) is 20.2 Å². The van der Waals surface area contributed by atoms with Crippen molar-refractivity contribution in [2.45, 2.75) is 6.92 Å². The topological polar surface area (TPSA) is 83.2 Å². The van der Waals surface area contributed by atoms with Crippen LogP contribution in [-0.4, -0.2) is 37.0 Å². The first-order valence-electron chi connectivity index (χ1n) is 7.22. The zero-order valence-electron chi connectivity index (χ0n) is 13.0. The highest BCUT2D eigenvalue weighted by atomic mass is 19.1. The molecule has 1 fully saturated rings. The van der Waals surface area contributed by atoms with Gasteiger partial charge in [0.2, 0.25) is 5.91 Å². The lowest BCUT2D eigenvalue weighted by Gasteiger charge is -2.35. The predicted octanol–water partition coefficient (Wildman–Crippen LogP) is 1.98. The van der Waals surface area contributed by atoms with E-state index in [9.17, 15) is 13.6 Å². The van der Waals surface area contributed by atoms with Crippen molar-refractivity contribution < 1.29 is 13.6 Å². The average molecular weight is 331 g/mol. The van der Waals surface area contributed by atoms with E-state index in [1.807, 2.05) is 0 Å². The van der Waals surface area contributed by atoms with Crippen molar-refractivity contribution in [2.24, 2.45) is 0 Å². The fraction of sp³-hybridized carbons (Fsp3) is 0.312. The predicted molar refractivity (Wildman–Crippen MR) is 83.8 cm³/mol. The molecule has 0 bridgehead atoms. The van der Waals surface area contributed by atoms with Crippen LogP contribution in [0, 0.1) is 34.3 Å². The third-order valence-corrected chi connectivity index (χ3v) is 3.68. The molecule has 0 radical (unpaired) electrons. The summed E-state index contributed by atoms with van der Waals surface area (Å²) < 4.78 is 28.6. The van der Waals surface area contributed by atoms with Crippen LogP contribution < -0.4 is 10.2 Å². The Morgan fingerprint density at radius 1 is 1.17 bits per heavy atom. The van der Waals surface area contributed by atoms with Crippen LogP contribution in [0.15, 0.2) is 23.9 Å². The van der Waals surface area contributed by atoms with Gasteiger partial charge in [-0.1, -0.05) is 0 Å². The van der Waals surface area contributed by atoms with E-state index >= 15 is 0 Å². The van der Waals surface area contributed by atoms with E-state index in [1.165, 1.54) is 6.92 Å². The van der Waals surface area contributed by atoms with E-state index in [4.69, 9.17) is 10.5 Å². The number of amides is 1. The van der Waals surface area contributed by atoms with Crippen molar-refractivity contribution in [2.75, 3.05) is 36.4 Å². The molecule has 1 aromatic carbocycles. The molecule has 124 valence electrons. The lowest BCUT2D eigenvalue weighted by Crippen LogP contribution is -2.48. The molecule has 1 heterocycles. The maximum Gasteiger partial charge on any atom is 0.219 e. The summed E-state index contributed by atoms with van der Waals surface area (Å²) in [5, 5.41) is 19.8. The molecule has 0 atom stereocenters. The average Bonchev–Trinajstić information content (AvgIpc) is 2.55. The highest BCUT2D eigenvalue weighted by Crippen LogP contribution is 2.28. The summed E-state index contributed by atoms with van der Waals surface area (Å²) in [4.78, 5) is 14.5. The van der Waals surface area contributed by atoms with Crippen molar-refractivity contribution in [3.05, 3.63) is 35.5 Å². The van der Waals surface area contributed by atoms with Gasteiger partial charge in [0.05, 0.1) is 0 Å². The molecule has 1 amide bonds. The van der Waals surface area contributed by atoms with Crippen LogP contribution in [0.3, 0.4) is 0 Å². The Labute approximate surface area is 138 Å². The van der Waals surface area contributed by atoms with Crippen LogP contribution in [-0.2, 0) is 4.79 Å². The van der Waals surface area contributed by atoms with E-state index in [0.717, 1.165) is 18.3 Å². The van der Waals surface area contributed by atoms with Crippen LogP contribution in [0.5, 0.6) is 0 Å². The van der Waals surface area contributed by atoms with E-state index in [0.29, 0.717) is 26.2 Å². The van der Waals surface area contributed by atoms with E-state index in [2.05, 4.69) is 5.32 Å². The van der Waals surface area contributed by atoms with Crippen molar-refractivity contribution in [1.29, 1.82) is 10.5 Å². The Kier molecular flexibility index (Phi) is 5.33. The highest BCUT2D eigenvalue weighted by molar-refractivity contribution is 5.73. The minimum Gasteiger partial charge on any atom is -0.363 e. The Bertz CT molecular complexity index is 716. The number of hydrogen-bond donors (Lipinski definition) is 1. The van der Waals surface area contributed by atoms with Crippen LogP contribution in [0.1, 0.15) is 6.92 Å². The molecule has 1 saturated heterocycles. The zero-order valence-corrected chi connectivity index (χ0v) is 13.0. The number of nitriles is 2. The summed E-state index contributed by atoms with van der Waals surface area (Å²) in [6.45, 7) is 2.96. The minimum atomic E-state index is -0.752. The van der Waals surface area contributed by atoms with Gasteiger partial charge in [0.1, 0.15) is 23.4 Å². The second-order valence-electron chi connectivity index (χ2n) is 5.21. The number of rotatable bonds is 3. The molecule has 0 saturated carbocycles. The third kappa shape index (κ3) is 3.79. The van der Waals surface area contributed by atoms with E-state index < -0.39 is 11.6 Å². The number of piperazine rings is 1. The summed E-state index contributed by atoms with van der Waals surface area (Å²) in [6, 6.07) is 5.47. The van der Waals surface area contributed by atoms with Crippen molar-refractivity contribution >= 4 is 17.3 Å². The smallest absolute Gasteiger partial charge is 0.219 e. The van der Waals surface area contributed by atoms with Crippen LogP contribution >= 0.6 is 0 Å².